The fraction of sp³-hybridized carbons (Fsp3) is 0.857. The average Bonchev–Trinajstić information content (AvgIpc) is 2.01. The van der Waals surface area contributed by atoms with Gasteiger partial charge in [0.15, 0.2) is 0 Å². The highest BCUT2D eigenvalue weighted by Gasteiger charge is 2.38. The van der Waals surface area contributed by atoms with E-state index in [1.807, 2.05) is 0 Å². The van der Waals surface area contributed by atoms with Crippen LogP contribution in [-0.4, -0.2) is 39.7 Å². The smallest absolute Gasteiger partial charge is 0.375 e. The van der Waals surface area contributed by atoms with E-state index in [0.29, 0.717) is 6.42 Å². The van der Waals surface area contributed by atoms with Crippen LogP contribution in [0.25, 0.3) is 0 Å². The Kier molecular flexibility index (Phi) is 5.24. The maximum atomic E-state index is 12.5. The van der Waals surface area contributed by atoms with Gasteiger partial charge in [-0.25, -0.2) is 4.79 Å². The number of aliphatic hydroxyl groups excluding tert-OH is 1. The summed E-state index contributed by atoms with van der Waals surface area (Å²) < 4.78 is 24.9. The Morgan fingerprint density at radius 1 is 1.62 bits per heavy atom. The lowest BCUT2D eigenvalue weighted by molar-refractivity contribution is -0.161. The molecule has 2 N–H and O–H groups in total. The molecule has 0 spiro atoms. The second kappa shape index (κ2) is 5.39. The van der Waals surface area contributed by atoms with Gasteiger partial charge in [-0.2, -0.15) is 20.5 Å². The Balaban J connectivity index is 3.80. The first-order valence-electron chi connectivity index (χ1n) is 3.74. The highest BCUT2D eigenvalue weighted by molar-refractivity contribution is 7.99. The van der Waals surface area contributed by atoms with E-state index in [2.05, 4.69) is 0 Å². The molecule has 0 aromatic carbocycles. The minimum absolute atomic E-state index is 0.0766. The third-order valence-electron chi connectivity index (χ3n) is 1.40. The topological polar surface area (TPSA) is 57.5 Å². The van der Waals surface area contributed by atoms with Crippen molar-refractivity contribution in [3.05, 3.63) is 0 Å². The zero-order chi connectivity index (χ0) is 10.5. The van der Waals surface area contributed by atoms with E-state index in [1.165, 1.54) is 0 Å². The van der Waals surface area contributed by atoms with Crippen molar-refractivity contribution in [1.82, 2.24) is 0 Å². The minimum Gasteiger partial charge on any atom is -0.477 e. The Morgan fingerprint density at radius 2 is 2.15 bits per heavy atom. The lowest BCUT2D eigenvalue weighted by Crippen LogP contribution is -2.31. The van der Waals surface area contributed by atoms with Gasteiger partial charge in [-0.05, 0) is 6.42 Å². The molecular weight excluding hydrogens is 202 g/mol. The van der Waals surface area contributed by atoms with Gasteiger partial charge < -0.3 is 10.2 Å². The molecule has 6 heteroatoms. The van der Waals surface area contributed by atoms with Crippen molar-refractivity contribution < 1.29 is 23.8 Å². The zero-order valence-electron chi connectivity index (χ0n) is 7.17. The van der Waals surface area contributed by atoms with Gasteiger partial charge in [0, 0.05) is 11.9 Å². The SMILES string of the molecule is CC(CCO)SCC(F)(F)C(=O)O. The molecule has 78 valence electrons. The molecule has 0 aliphatic carbocycles. The fourth-order valence-corrected chi connectivity index (χ4v) is 1.46. The molecule has 0 rings (SSSR count). The van der Waals surface area contributed by atoms with Crippen molar-refractivity contribution in [2.45, 2.75) is 24.5 Å². The summed E-state index contributed by atoms with van der Waals surface area (Å²) in [5, 5.41) is 16.4. The zero-order valence-corrected chi connectivity index (χ0v) is 7.98. The van der Waals surface area contributed by atoms with Crippen LogP contribution in [0.2, 0.25) is 0 Å². The van der Waals surface area contributed by atoms with Crippen LogP contribution in [0.3, 0.4) is 0 Å². The highest BCUT2D eigenvalue weighted by Crippen LogP contribution is 2.24. The van der Waals surface area contributed by atoms with Gasteiger partial charge in [-0.1, -0.05) is 6.92 Å². The van der Waals surface area contributed by atoms with E-state index in [-0.39, 0.29) is 11.9 Å². The summed E-state index contributed by atoms with van der Waals surface area (Å²) in [6, 6.07) is 0. The molecule has 0 aromatic heterocycles. The number of carbonyl (C=O) groups is 1. The molecule has 0 aliphatic rings. The molecule has 0 saturated heterocycles. The number of carboxylic acid groups (broad SMARTS) is 1. The van der Waals surface area contributed by atoms with Crippen LogP contribution >= 0.6 is 11.8 Å². The van der Waals surface area contributed by atoms with Gasteiger partial charge in [0.2, 0.25) is 0 Å². The number of aliphatic hydroxyl groups is 1. The molecule has 3 nitrogen and oxygen atoms in total. The van der Waals surface area contributed by atoms with E-state index >= 15 is 0 Å². The Hall–Kier alpha value is -0.360. The lowest BCUT2D eigenvalue weighted by Gasteiger charge is -2.13. The number of thioether (sulfide) groups is 1. The average molecular weight is 214 g/mol. The highest BCUT2D eigenvalue weighted by atomic mass is 32.2. The molecule has 0 saturated carbocycles. The van der Waals surface area contributed by atoms with Crippen LogP contribution in [0, 0.1) is 0 Å². The largest absolute Gasteiger partial charge is 0.477 e. The van der Waals surface area contributed by atoms with Gasteiger partial charge in [0.25, 0.3) is 0 Å². The van der Waals surface area contributed by atoms with Crippen molar-refractivity contribution in [2.24, 2.45) is 0 Å². The summed E-state index contributed by atoms with van der Waals surface area (Å²) in [5.74, 6) is -6.52. The standard InChI is InChI=1S/C7H12F2O3S/c1-5(2-3-10)13-4-7(8,9)6(11)12/h5,10H,2-4H2,1H3,(H,11,12). The van der Waals surface area contributed by atoms with Gasteiger partial charge >= 0.3 is 11.9 Å². The maximum absolute atomic E-state index is 12.5. The molecule has 0 radical (unpaired) electrons. The molecule has 0 bridgehead atoms. The van der Waals surface area contributed by atoms with E-state index in [0.717, 1.165) is 11.8 Å². The summed E-state index contributed by atoms with van der Waals surface area (Å²) >= 11 is 0.845. The predicted molar refractivity (Wildman–Crippen MR) is 46.2 cm³/mol. The first-order valence-corrected chi connectivity index (χ1v) is 4.78. The van der Waals surface area contributed by atoms with Crippen molar-refractivity contribution in [2.75, 3.05) is 12.4 Å². The minimum atomic E-state index is -3.67. The van der Waals surface area contributed by atoms with Crippen LogP contribution in [0.5, 0.6) is 0 Å². The number of hydrogen-bond donors (Lipinski definition) is 2. The molecule has 1 atom stereocenters. The predicted octanol–water partition coefficient (Wildman–Crippen LogP) is 1.21. The monoisotopic (exact) mass is 214 g/mol. The summed E-state index contributed by atoms with van der Waals surface area (Å²) in [7, 11) is 0. The molecule has 13 heavy (non-hydrogen) atoms. The van der Waals surface area contributed by atoms with Crippen LogP contribution in [-0.2, 0) is 4.79 Å². The van der Waals surface area contributed by atoms with Crippen molar-refractivity contribution in [3.8, 4) is 0 Å². The van der Waals surface area contributed by atoms with Crippen molar-refractivity contribution in [1.29, 1.82) is 0 Å². The number of alkyl halides is 2. The van der Waals surface area contributed by atoms with E-state index in [1.54, 1.807) is 6.92 Å². The fourth-order valence-electron chi connectivity index (χ4n) is 0.574. The summed E-state index contributed by atoms with van der Waals surface area (Å²) in [6.45, 7) is 1.59. The second-order valence-electron chi connectivity index (χ2n) is 2.64. The van der Waals surface area contributed by atoms with Gasteiger partial charge in [-0.15, -0.1) is 0 Å². The first kappa shape index (κ1) is 12.6. The van der Waals surface area contributed by atoms with Gasteiger partial charge in [0.05, 0.1) is 5.75 Å². The maximum Gasteiger partial charge on any atom is 0.375 e. The summed E-state index contributed by atoms with van der Waals surface area (Å²) in [5.41, 5.74) is 0. The number of hydrogen-bond acceptors (Lipinski definition) is 3. The van der Waals surface area contributed by atoms with Crippen LogP contribution < -0.4 is 0 Å². The van der Waals surface area contributed by atoms with Crippen LogP contribution in [0.4, 0.5) is 8.78 Å². The number of halogens is 2. The third kappa shape index (κ3) is 5.05. The number of rotatable bonds is 6. The number of carboxylic acids is 1. The second-order valence-corrected chi connectivity index (χ2v) is 4.07. The first-order chi connectivity index (χ1) is 5.90. The van der Waals surface area contributed by atoms with Crippen LogP contribution in [0.1, 0.15) is 13.3 Å². The molecule has 0 aliphatic heterocycles. The van der Waals surface area contributed by atoms with Gasteiger partial charge in [-0.3, -0.25) is 0 Å². The summed E-state index contributed by atoms with van der Waals surface area (Å²) in [6.07, 6.45) is 0.389. The Morgan fingerprint density at radius 3 is 2.54 bits per heavy atom. The lowest BCUT2D eigenvalue weighted by atomic mass is 10.3. The Labute approximate surface area is 79.1 Å². The van der Waals surface area contributed by atoms with E-state index in [4.69, 9.17) is 10.2 Å². The van der Waals surface area contributed by atoms with Crippen LogP contribution in [0.15, 0.2) is 0 Å². The number of aliphatic carboxylic acids is 1. The van der Waals surface area contributed by atoms with Crippen molar-refractivity contribution in [3.63, 3.8) is 0 Å². The molecule has 0 aromatic rings. The molecular formula is C7H12F2O3S. The molecule has 0 amide bonds. The quantitative estimate of drug-likeness (QED) is 0.697. The normalized spacial score (nSPS) is 14.2. The molecule has 0 fully saturated rings. The Bertz CT molecular complexity index is 175. The third-order valence-corrected chi connectivity index (χ3v) is 2.73. The molecule has 1 unspecified atom stereocenters. The van der Waals surface area contributed by atoms with E-state index < -0.39 is 17.6 Å². The van der Waals surface area contributed by atoms with E-state index in [9.17, 15) is 13.6 Å². The summed E-state index contributed by atoms with van der Waals surface area (Å²) in [4.78, 5) is 9.98. The van der Waals surface area contributed by atoms with Crippen molar-refractivity contribution >= 4 is 17.7 Å². The molecule has 0 heterocycles. The van der Waals surface area contributed by atoms with Gasteiger partial charge in [0.1, 0.15) is 0 Å².